The van der Waals surface area contributed by atoms with Crippen molar-refractivity contribution in [2.75, 3.05) is 25.4 Å². The van der Waals surface area contributed by atoms with Crippen molar-refractivity contribution in [1.82, 2.24) is 14.5 Å². The molecule has 1 amide bonds. The van der Waals surface area contributed by atoms with Crippen LogP contribution in [0.1, 0.15) is 42.9 Å². The summed E-state index contributed by atoms with van der Waals surface area (Å²) in [5.74, 6) is 0.356. The predicted octanol–water partition coefficient (Wildman–Crippen LogP) is 5.30. The van der Waals surface area contributed by atoms with Crippen LogP contribution < -0.4 is 17.0 Å². The lowest BCUT2D eigenvalue weighted by atomic mass is 10.0. The highest BCUT2D eigenvalue weighted by Crippen LogP contribution is 2.39. The molecule has 1 aliphatic rings. The van der Waals surface area contributed by atoms with E-state index in [4.69, 9.17) is 28.9 Å². The molecule has 4 rings (SSSR count). The van der Waals surface area contributed by atoms with Gasteiger partial charge in [0.15, 0.2) is 0 Å². The molecule has 0 radical (unpaired) electrons. The minimum Gasteiger partial charge on any atom is -0.369 e. The Labute approximate surface area is 238 Å². The van der Waals surface area contributed by atoms with Crippen LogP contribution in [-0.2, 0) is 24.1 Å². The zero-order chi connectivity index (χ0) is 28.7. The van der Waals surface area contributed by atoms with E-state index in [2.05, 4.69) is 10.7 Å². The smallest absolute Gasteiger partial charge is 0.369 e. The van der Waals surface area contributed by atoms with E-state index in [9.17, 15) is 22.8 Å². The summed E-state index contributed by atoms with van der Waals surface area (Å²) in [6, 6.07) is 6.30. The minimum absolute atomic E-state index is 0.0234. The third kappa shape index (κ3) is 8.11. The van der Waals surface area contributed by atoms with Gasteiger partial charge < -0.3 is 11.5 Å². The Balaban J connectivity index is 0.000000771. The number of piperidine rings is 1. The van der Waals surface area contributed by atoms with Crippen LogP contribution in [0.5, 0.6) is 0 Å². The molecule has 1 aromatic heterocycles. The fourth-order valence-electron chi connectivity index (χ4n) is 4.32. The summed E-state index contributed by atoms with van der Waals surface area (Å²) < 4.78 is 43.4. The maximum absolute atomic E-state index is 14.0. The Morgan fingerprint density at radius 1 is 1.13 bits per heavy atom. The summed E-state index contributed by atoms with van der Waals surface area (Å²) >= 11 is 14.2. The highest BCUT2D eigenvalue weighted by molar-refractivity contribution is 7.99. The van der Waals surface area contributed by atoms with Crippen molar-refractivity contribution < 1.29 is 18.0 Å². The van der Waals surface area contributed by atoms with Crippen LogP contribution in [0, 0.1) is 0 Å². The standard InChI is InChI=1S/C24H24Cl2F3N3OS.C2H6N2O/c1-2-34-20-7-6-16(25)10-15(20)12-32-14-30-22-17(23(32)33)11-19(24(27,28)29)18(21(22)26)13-31-8-4-3-5-9-31;3-1-2(4)5/h6-7,10-11,14H,2-5,8-9,12-13H2,1H3;1,3H2,(H2,4,5). The Bertz CT molecular complexity index is 1380. The van der Waals surface area contributed by atoms with Crippen molar-refractivity contribution in [3.05, 3.63) is 67.7 Å². The number of aromatic nitrogens is 2. The molecule has 1 aliphatic heterocycles. The van der Waals surface area contributed by atoms with Crippen molar-refractivity contribution in [1.29, 1.82) is 0 Å². The first-order valence-corrected chi connectivity index (χ1v) is 14.1. The molecule has 212 valence electrons. The van der Waals surface area contributed by atoms with Gasteiger partial charge in [0.2, 0.25) is 5.91 Å². The summed E-state index contributed by atoms with van der Waals surface area (Å²) in [5.41, 5.74) is 8.64. The Morgan fingerprint density at radius 2 is 1.79 bits per heavy atom. The lowest BCUT2D eigenvalue weighted by molar-refractivity contribution is -0.138. The number of primary amides is 1. The Kier molecular flexibility index (Phi) is 11.1. The number of nitrogens with two attached hydrogens (primary N) is 2. The number of halogens is 5. The monoisotopic (exact) mass is 603 g/mol. The van der Waals surface area contributed by atoms with Crippen LogP contribution in [0.15, 0.2) is 40.3 Å². The van der Waals surface area contributed by atoms with Crippen LogP contribution in [0.2, 0.25) is 10.0 Å². The van der Waals surface area contributed by atoms with E-state index in [-0.39, 0.29) is 41.1 Å². The van der Waals surface area contributed by atoms with Gasteiger partial charge in [0.05, 0.1) is 40.9 Å². The van der Waals surface area contributed by atoms with Gasteiger partial charge in [-0.25, -0.2) is 4.98 Å². The van der Waals surface area contributed by atoms with Crippen molar-refractivity contribution in [2.24, 2.45) is 11.5 Å². The largest absolute Gasteiger partial charge is 0.416 e. The van der Waals surface area contributed by atoms with Crippen LogP contribution in [0.25, 0.3) is 10.9 Å². The van der Waals surface area contributed by atoms with Gasteiger partial charge in [-0.1, -0.05) is 36.5 Å². The van der Waals surface area contributed by atoms with Gasteiger partial charge in [-0.15, -0.1) is 11.8 Å². The van der Waals surface area contributed by atoms with E-state index < -0.39 is 23.2 Å². The number of amides is 1. The molecule has 0 spiro atoms. The van der Waals surface area contributed by atoms with Crippen molar-refractivity contribution >= 4 is 51.8 Å². The van der Waals surface area contributed by atoms with Gasteiger partial charge >= 0.3 is 6.18 Å². The average Bonchev–Trinajstić information content (AvgIpc) is 2.89. The topological polar surface area (TPSA) is 107 Å². The molecule has 0 aliphatic carbocycles. The molecule has 1 saturated heterocycles. The highest BCUT2D eigenvalue weighted by atomic mass is 35.5. The second-order valence-corrected chi connectivity index (χ2v) is 11.1. The molecular formula is C26H30Cl2F3N5O2S. The third-order valence-corrected chi connectivity index (χ3v) is 7.80. The summed E-state index contributed by atoms with van der Waals surface area (Å²) in [6.45, 7) is 3.61. The zero-order valence-electron chi connectivity index (χ0n) is 21.4. The first-order chi connectivity index (χ1) is 18.5. The molecule has 1 fully saturated rings. The molecule has 0 unspecified atom stereocenters. The normalized spacial score (nSPS) is 14.2. The molecule has 13 heteroatoms. The number of fused-ring (bicyclic) bond motifs is 1. The molecule has 2 aromatic carbocycles. The summed E-state index contributed by atoms with van der Waals surface area (Å²) in [6.07, 6.45) is -0.349. The Morgan fingerprint density at radius 3 is 2.38 bits per heavy atom. The van der Waals surface area contributed by atoms with Gasteiger partial charge in [0.1, 0.15) is 0 Å². The number of likely N-dealkylation sites (tertiary alicyclic amines) is 1. The SMILES string of the molecule is CCSc1ccc(Cl)cc1Cn1cnc2c(Cl)c(CN3CCCCC3)c(C(F)(F)F)cc2c1=O.NCC(N)=O. The molecule has 0 saturated carbocycles. The molecule has 0 bridgehead atoms. The molecule has 3 aromatic rings. The number of nitrogens with zero attached hydrogens (tertiary/aromatic N) is 3. The zero-order valence-corrected chi connectivity index (χ0v) is 23.7. The van der Waals surface area contributed by atoms with Gasteiger partial charge in [0, 0.05) is 16.5 Å². The van der Waals surface area contributed by atoms with Gasteiger partial charge in [-0.3, -0.25) is 19.1 Å². The first kappa shape index (κ1) is 31.2. The van der Waals surface area contributed by atoms with Crippen molar-refractivity contribution in [3.8, 4) is 0 Å². The van der Waals surface area contributed by atoms with Crippen LogP contribution in [0.4, 0.5) is 13.2 Å². The summed E-state index contributed by atoms with van der Waals surface area (Å²) in [7, 11) is 0. The van der Waals surface area contributed by atoms with E-state index in [0.717, 1.165) is 54.6 Å². The number of benzene rings is 2. The number of hydrogen-bond donors (Lipinski definition) is 2. The number of alkyl halides is 3. The van der Waals surface area contributed by atoms with Gasteiger partial charge in [-0.2, -0.15) is 13.2 Å². The van der Waals surface area contributed by atoms with Gasteiger partial charge in [0.25, 0.3) is 5.56 Å². The lowest BCUT2D eigenvalue weighted by Gasteiger charge is -2.28. The van der Waals surface area contributed by atoms with E-state index in [1.54, 1.807) is 23.9 Å². The molecule has 39 heavy (non-hydrogen) atoms. The lowest BCUT2D eigenvalue weighted by Crippen LogP contribution is -2.30. The van der Waals surface area contributed by atoms with E-state index in [1.165, 1.54) is 10.9 Å². The molecule has 4 N–H and O–H groups in total. The second kappa shape index (κ2) is 13.8. The quantitative estimate of drug-likeness (QED) is 0.355. The van der Waals surface area contributed by atoms with Crippen LogP contribution in [-0.4, -0.2) is 45.7 Å². The maximum Gasteiger partial charge on any atom is 0.416 e. The second-order valence-electron chi connectivity index (χ2n) is 8.98. The molecule has 2 heterocycles. The van der Waals surface area contributed by atoms with Crippen LogP contribution in [0.3, 0.4) is 0 Å². The average molecular weight is 605 g/mol. The summed E-state index contributed by atoms with van der Waals surface area (Å²) in [5, 5.41) is 0.264. The van der Waals surface area contributed by atoms with E-state index in [0.29, 0.717) is 5.02 Å². The van der Waals surface area contributed by atoms with Crippen LogP contribution >= 0.6 is 35.0 Å². The fourth-order valence-corrected chi connectivity index (χ4v) is 5.61. The number of rotatable bonds is 7. The number of carbonyl (C=O) groups is 1. The summed E-state index contributed by atoms with van der Waals surface area (Å²) in [4.78, 5) is 30.0. The molecular weight excluding hydrogens is 574 g/mol. The minimum atomic E-state index is -4.64. The number of hydrogen-bond acceptors (Lipinski definition) is 6. The van der Waals surface area contributed by atoms with Crippen molar-refractivity contribution in [2.45, 2.75) is 50.3 Å². The predicted molar refractivity (Wildman–Crippen MR) is 150 cm³/mol. The third-order valence-electron chi connectivity index (χ3n) is 6.16. The number of thioether (sulfide) groups is 1. The van der Waals surface area contributed by atoms with E-state index in [1.807, 2.05) is 17.9 Å². The van der Waals surface area contributed by atoms with Gasteiger partial charge in [-0.05, 0) is 67.1 Å². The van der Waals surface area contributed by atoms with E-state index >= 15 is 0 Å². The van der Waals surface area contributed by atoms with Crippen molar-refractivity contribution in [3.63, 3.8) is 0 Å². The Hall–Kier alpha value is -2.31. The fraction of sp³-hybridized carbons (Fsp3) is 0.423. The maximum atomic E-state index is 14.0. The highest BCUT2D eigenvalue weighted by Gasteiger charge is 2.36. The first-order valence-electron chi connectivity index (χ1n) is 12.4. The molecule has 7 nitrogen and oxygen atoms in total. The molecule has 0 atom stereocenters. The number of carbonyl (C=O) groups excluding carboxylic acids is 1.